The van der Waals surface area contributed by atoms with Gasteiger partial charge in [0.15, 0.2) is 0 Å². The van der Waals surface area contributed by atoms with E-state index in [4.69, 9.17) is 9.47 Å². The maximum Gasteiger partial charge on any atom is 0.282 e. The Balaban J connectivity index is 1.71. The second-order valence-electron chi connectivity index (χ2n) is 5.89. The van der Waals surface area contributed by atoms with Gasteiger partial charge in [-0.1, -0.05) is 0 Å². The smallest absolute Gasteiger partial charge is 0.282 e. The van der Waals surface area contributed by atoms with E-state index < -0.39 is 0 Å². The molecule has 0 fully saturated rings. The molecule has 1 N–H and O–H groups in total. The standard InChI is InChI=1S/C21H23N3O3/c1-4-26-18-10-6-16(7-11-18)22-14-20-15(3)23-24(21(20)25)17-8-12-19(13-9-17)27-5-2/h6-14,22H,4-5H2,1-3H3. The summed E-state index contributed by atoms with van der Waals surface area (Å²) in [5.41, 5.74) is 2.75. The zero-order valence-corrected chi connectivity index (χ0v) is 15.7. The molecule has 0 unspecified atom stereocenters. The van der Waals surface area contributed by atoms with Gasteiger partial charge in [0.1, 0.15) is 11.5 Å². The highest BCUT2D eigenvalue weighted by Gasteiger charge is 2.28. The minimum atomic E-state index is -0.171. The summed E-state index contributed by atoms with van der Waals surface area (Å²) in [5.74, 6) is 1.41. The average molecular weight is 365 g/mol. The van der Waals surface area contributed by atoms with E-state index in [-0.39, 0.29) is 5.91 Å². The highest BCUT2D eigenvalue weighted by Crippen LogP contribution is 2.26. The van der Waals surface area contributed by atoms with Crippen molar-refractivity contribution in [3.8, 4) is 11.5 Å². The van der Waals surface area contributed by atoms with Crippen molar-refractivity contribution < 1.29 is 14.3 Å². The predicted octanol–water partition coefficient (Wildman–Crippen LogP) is 4.20. The summed E-state index contributed by atoms with van der Waals surface area (Å²) < 4.78 is 10.9. The third kappa shape index (κ3) is 4.28. The Labute approximate surface area is 159 Å². The number of nitrogens with one attached hydrogen (secondary N) is 1. The summed E-state index contributed by atoms with van der Waals surface area (Å²) in [6, 6.07) is 14.9. The molecule has 0 aromatic heterocycles. The Morgan fingerprint density at radius 2 is 1.52 bits per heavy atom. The molecule has 1 amide bonds. The number of benzene rings is 2. The molecule has 6 heteroatoms. The van der Waals surface area contributed by atoms with Gasteiger partial charge in [-0.2, -0.15) is 10.1 Å². The molecular weight excluding hydrogens is 342 g/mol. The Morgan fingerprint density at radius 3 is 2.07 bits per heavy atom. The first-order chi connectivity index (χ1) is 13.1. The third-order valence-corrected chi connectivity index (χ3v) is 4.00. The summed E-state index contributed by atoms with van der Waals surface area (Å²) >= 11 is 0. The van der Waals surface area contributed by atoms with E-state index in [1.165, 1.54) is 5.01 Å². The molecule has 3 rings (SSSR count). The van der Waals surface area contributed by atoms with Crippen LogP contribution in [0.25, 0.3) is 0 Å². The van der Waals surface area contributed by atoms with Crippen LogP contribution in [0.3, 0.4) is 0 Å². The number of hydrazone groups is 1. The van der Waals surface area contributed by atoms with Crippen LogP contribution in [0.5, 0.6) is 11.5 Å². The Hall–Kier alpha value is -3.28. The van der Waals surface area contributed by atoms with Crippen LogP contribution in [0.15, 0.2) is 65.4 Å². The first-order valence-corrected chi connectivity index (χ1v) is 8.94. The van der Waals surface area contributed by atoms with Crippen LogP contribution < -0.4 is 19.8 Å². The van der Waals surface area contributed by atoms with Crippen molar-refractivity contribution in [2.45, 2.75) is 20.8 Å². The van der Waals surface area contributed by atoms with Crippen molar-refractivity contribution in [2.75, 3.05) is 23.5 Å². The number of rotatable bonds is 7. The van der Waals surface area contributed by atoms with E-state index in [0.717, 1.165) is 17.2 Å². The fourth-order valence-corrected chi connectivity index (χ4v) is 2.68. The molecule has 6 nitrogen and oxygen atoms in total. The quantitative estimate of drug-likeness (QED) is 0.747. The number of nitrogens with zero attached hydrogens (tertiary/aromatic N) is 2. The number of anilines is 2. The van der Waals surface area contributed by atoms with E-state index in [0.29, 0.717) is 30.2 Å². The molecule has 140 valence electrons. The minimum Gasteiger partial charge on any atom is -0.494 e. The maximum atomic E-state index is 12.7. The summed E-state index contributed by atoms with van der Waals surface area (Å²) in [7, 11) is 0. The molecule has 2 aromatic carbocycles. The summed E-state index contributed by atoms with van der Waals surface area (Å²) in [4.78, 5) is 12.7. The van der Waals surface area contributed by atoms with Crippen LogP contribution in [-0.4, -0.2) is 24.8 Å². The van der Waals surface area contributed by atoms with E-state index in [2.05, 4.69) is 10.4 Å². The van der Waals surface area contributed by atoms with Gasteiger partial charge in [0.2, 0.25) is 0 Å². The third-order valence-electron chi connectivity index (χ3n) is 4.00. The molecule has 27 heavy (non-hydrogen) atoms. The zero-order valence-electron chi connectivity index (χ0n) is 15.7. The monoisotopic (exact) mass is 365 g/mol. The molecule has 0 aliphatic carbocycles. The highest BCUT2D eigenvalue weighted by molar-refractivity contribution is 6.29. The molecule has 0 saturated heterocycles. The first kappa shape index (κ1) is 18.5. The largest absolute Gasteiger partial charge is 0.494 e. The van der Waals surface area contributed by atoms with Crippen molar-refractivity contribution in [3.05, 3.63) is 60.3 Å². The zero-order chi connectivity index (χ0) is 19.2. The van der Waals surface area contributed by atoms with E-state index >= 15 is 0 Å². The molecule has 1 heterocycles. The van der Waals surface area contributed by atoms with Gasteiger partial charge >= 0.3 is 0 Å². The Kier molecular flexibility index (Phi) is 5.76. The van der Waals surface area contributed by atoms with Crippen molar-refractivity contribution in [1.29, 1.82) is 0 Å². The maximum absolute atomic E-state index is 12.7. The van der Waals surface area contributed by atoms with Gasteiger partial charge in [-0.3, -0.25) is 4.79 Å². The van der Waals surface area contributed by atoms with E-state index in [9.17, 15) is 4.79 Å². The summed E-state index contributed by atoms with van der Waals surface area (Å²) in [5, 5.41) is 8.93. The molecular formula is C21H23N3O3. The molecule has 1 aliphatic heterocycles. The number of hydrogen-bond acceptors (Lipinski definition) is 5. The Bertz CT molecular complexity index is 855. The molecule has 0 bridgehead atoms. The van der Waals surface area contributed by atoms with Crippen molar-refractivity contribution in [1.82, 2.24) is 0 Å². The Morgan fingerprint density at radius 1 is 0.963 bits per heavy atom. The van der Waals surface area contributed by atoms with Crippen molar-refractivity contribution in [3.63, 3.8) is 0 Å². The predicted molar refractivity (Wildman–Crippen MR) is 108 cm³/mol. The minimum absolute atomic E-state index is 0.171. The number of carbonyl (C=O) groups is 1. The molecule has 1 aliphatic rings. The van der Waals surface area contributed by atoms with Crippen LogP contribution in [-0.2, 0) is 4.79 Å². The number of amides is 1. The lowest BCUT2D eigenvalue weighted by atomic mass is 10.2. The molecule has 0 radical (unpaired) electrons. The lowest BCUT2D eigenvalue weighted by Gasteiger charge is -2.12. The number of ether oxygens (including phenoxy) is 2. The van der Waals surface area contributed by atoms with Crippen molar-refractivity contribution in [2.24, 2.45) is 5.10 Å². The normalized spacial score (nSPS) is 15.1. The highest BCUT2D eigenvalue weighted by atomic mass is 16.5. The fourth-order valence-electron chi connectivity index (χ4n) is 2.68. The molecule has 0 spiro atoms. The second kappa shape index (κ2) is 8.40. The van der Waals surface area contributed by atoms with Gasteiger partial charge in [-0.15, -0.1) is 0 Å². The van der Waals surface area contributed by atoms with Crippen LogP contribution in [0.4, 0.5) is 11.4 Å². The molecule has 2 aromatic rings. The van der Waals surface area contributed by atoms with Crippen LogP contribution >= 0.6 is 0 Å². The lowest BCUT2D eigenvalue weighted by Crippen LogP contribution is -2.21. The van der Waals surface area contributed by atoms with Gasteiger partial charge in [-0.05, 0) is 69.3 Å². The second-order valence-corrected chi connectivity index (χ2v) is 5.89. The SMILES string of the molecule is CCOc1ccc(NC=C2C(=O)N(c3ccc(OCC)cc3)N=C2C)cc1. The van der Waals surface area contributed by atoms with Crippen LogP contribution in [0, 0.1) is 0 Å². The van der Waals surface area contributed by atoms with Crippen molar-refractivity contribution >= 4 is 23.0 Å². The molecule has 0 saturated carbocycles. The first-order valence-electron chi connectivity index (χ1n) is 8.94. The van der Waals surface area contributed by atoms with Gasteiger partial charge in [-0.25, -0.2) is 0 Å². The van der Waals surface area contributed by atoms with Crippen LogP contribution in [0.1, 0.15) is 20.8 Å². The molecule has 0 atom stereocenters. The fraction of sp³-hybridized carbons (Fsp3) is 0.238. The number of hydrogen-bond donors (Lipinski definition) is 1. The summed E-state index contributed by atoms with van der Waals surface area (Å²) in [6.45, 7) is 6.92. The van der Waals surface area contributed by atoms with E-state index in [1.54, 1.807) is 6.20 Å². The van der Waals surface area contributed by atoms with Crippen LogP contribution in [0.2, 0.25) is 0 Å². The number of carbonyl (C=O) groups excluding carboxylic acids is 1. The van der Waals surface area contributed by atoms with E-state index in [1.807, 2.05) is 69.3 Å². The topological polar surface area (TPSA) is 63.2 Å². The average Bonchev–Trinajstić information content (AvgIpc) is 2.96. The van der Waals surface area contributed by atoms with Gasteiger partial charge in [0.25, 0.3) is 5.91 Å². The van der Waals surface area contributed by atoms with Gasteiger partial charge < -0.3 is 14.8 Å². The summed E-state index contributed by atoms with van der Waals surface area (Å²) in [6.07, 6.45) is 1.69. The lowest BCUT2D eigenvalue weighted by molar-refractivity contribution is -0.114. The van der Waals surface area contributed by atoms with Gasteiger partial charge in [0.05, 0.1) is 30.2 Å². The van der Waals surface area contributed by atoms with Gasteiger partial charge in [0, 0.05) is 11.9 Å².